The molecule has 7 heteroatoms. The summed E-state index contributed by atoms with van der Waals surface area (Å²) < 4.78 is 7.43. The number of amides is 1. The van der Waals surface area contributed by atoms with Crippen LogP contribution in [-0.4, -0.2) is 29.1 Å². The van der Waals surface area contributed by atoms with E-state index in [9.17, 15) is 4.79 Å². The van der Waals surface area contributed by atoms with Crippen LogP contribution in [0, 0.1) is 0 Å². The van der Waals surface area contributed by atoms with Gasteiger partial charge in [0.15, 0.2) is 0 Å². The molecule has 0 radical (unpaired) electrons. The Hall–Kier alpha value is -3.02. The van der Waals surface area contributed by atoms with Crippen molar-refractivity contribution in [2.75, 3.05) is 13.7 Å². The van der Waals surface area contributed by atoms with Gasteiger partial charge in [0, 0.05) is 25.1 Å². The molecule has 0 aliphatic carbocycles. The summed E-state index contributed by atoms with van der Waals surface area (Å²) in [5, 5.41) is 4.10. The van der Waals surface area contributed by atoms with Gasteiger partial charge in [-0.3, -0.25) is 4.79 Å². The van der Waals surface area contributed by atoms with Gasteiger partial charge in [0.2, 0.25) is 0 Å². The number of halogens is 2. The molecular weight excluding hydrogens is 469 g/mol. The van der Waals surface area contributed by atoms with E-state index in [4.69, 9.17) is 32.9 Å². The number of fused-ring (bicyclic) bond motifs is 1. The van der Waals surface area contributed by atoms with Crippen LogP contribution in [0.3, 0.4) is 0 Å². The second-order valence-electron chi connectivity index (χ2n) is 8.15. The Morgan fingerprint density at radius 2 is 1.82 bits per heavy atom. The number of ether oxygens (including phenoxy) is 1. The van der Waals surface area contributed by atoms with Crippen LogP contribution in [0.4, 0.5) is 0 Å². The van der Waals surface area contributed by atoms with Gasteiger partial charge in [-0.1, -0.05) is 53.9 Å². The number of rotatable bonds is 10. The van der Waals surface area contributed by atoms with E-state index in [0.717, 1.165) is 48.1 Å². The predicted octanol–water partition coefficient (Wildman–Crippen LogP) is 6.54. The molecule has 34 heavy (non-hydrogen) atoms. The Labute approximate surface area is 209 Å². The Kier molecular flexibility index (Phi) is 8.09. The molecule has 5 nitrogen and oxygen atoms in total. The van der Waals surface area contributed by atoms with Gasteiger partial charge >= 0.3 is 0 Å². The van der Waals surface area contributed by atoms with E-state index in [-0.39, 0.29) is 5.91 Å². The molecule has 0 spiro atoms. The van der Waals surface area contributed by atoms with E-state index in [1.54, 1.807) is 19.2 Å². The summed E-state index contributed by atoms with van der Waals surface area (Å²) >= 11 is 12.3. The van der Waals surface area contributed by atoms with E-state index >= 15 is 0 Å². The lowest BCUT2D eigenvalue weighted by atomic mass is 10.1. The summed E-state index contributed by atoms with van der Waals surface area (Å²) in [6, 6.07) is 21.1. The number of unbranched alkanes of at least 4 members (excludes halogenated alkanes) is 2. The minimum atomic E-state index is -0.0812. The molecule has 0 aliphatic heterocycles. The number of imidazole rings is 1. The zero-order valence-corrected chi connectivity index (χ0v) is 20.6. The highest BCUT2D eigenvalue weighted by molar-refractivity contribution is 6.42. The van der Waals surface area contributed by atoms with E-state index in [2.05, 4.69) is 16.0 Å². The highest BCUT2D eigenvalue weighted by Crippen LogP contribution is 2.25. The third-order valence-electron chi connectivity index (χ3n) is 5.75. The quantitative estimate of drug-likeness (QED) is 0.254. The molecule has 0 bridgehead atoms. The number of benzene rings is 3. The van der Waals surface area contributed by atoms with Crippen LogP contribution in [0.1, 0.15) is 41.0 Å². The van der Waals surface area contributed by atoms with Gasteiger partial charge in [-0.15, -0.1) is 0 Å². The molecule has 1 N–H and O–H groups in total. The zero-order valence-electron chi connectivity index (χ0n) is 19.1. The Bertz CT molecular complexity index is 1290. The lowest BCUT2D eigenvalue weighted by molar-refractivity contribution is 0.0952. The van der Waals surface area contributed by atoms with Gasteiger partial charge in [0.1, 0.15) is 11.6 Å². The lowest BCUT2D eigenvalue weighted by Crippen LogP contribution is -2.24. The van der Waals surface area contributed by atoms with Crippen LogP contribution >= 0.6 is 23.2 Å². The van der Waals surface area contributed by atoms with Crippen molar-refractivity contribution < 1.29 is 9.53 Å². The molecule has 176 valence electrons. The number of carbonyl (C=O) groups excluding carboxylic acids is 1. The van der Waals surface area contributed by atoms with E-state index in [0.29, 0.717) is 34.4 Å². The highest BCUT2D eigenvalue weighted by Gasteiger charge is 2.12. The molecule has 1 amide bonds. The van der Waals surface area contributed by atoms with Crippen molar-refractivity contribution in [2.24, 2.45) is 0 Å². The highest BCUT2D eigenvalue weighted by atomic mass is 35.5. The fraction of sp³-hybridized carbons (Fsp3) is 0.259. The molecular formula is C27H27Cl2N3O2. The van der Waals surface area contributed by atoms with Crippen LogP contribution < -0.4 is 10.1 Å². The van der Waals surface area contributed by atoms with E-state index in [1.807, 2.05) is 48.5 Å². The number of carbonyl (C=O) groups is 1. The van der Waals surface area contributed by atoms with Gasteiger partial charge in [-0.05, 0) is 60.9 Å². The average molecular weight is 496 g/mol. The summed E-state index contributed by atoms with van der Waals surface area (Å²) in [4.78, 5) is 17.2. The number of para-hydroxylation sites is 2. The minimum Gasteiger partial charge on any atom is -0.497 e. The third-order valence-corrected chi connectivity index (χ3v) is 6.49. The summed E-state index contributed by atoms with van der Waals surface area (Å²) in [6.45, 7) is 1.32. The maximum atomic E-state index is 12.3. The smallest absolute Gasteiger partial charge is 0.251 e. The number of nitrogens with zero attached hydrogens (tertiary/aromatic N) is 2. The molecule has 0 atom stereocenters. The van der Waals surface area contributed by atoms with Crippen LogP contribution in [0.15, 0.2) is 66.7 Å². The lowest BCUT2D eigenvalue weighted by Gasteiger charge is -2.11. The van der Waals surface area contributed by atoms with E-state index < -0.39 is 0 Å². The number of aryl methyl sites for hydroxylation is 1. The molecule has 1 aromatic heterocycles. The first-order valence-corrected chi connectivity index (χ1v) is 12.1. The monoisotopic (exact) mass is 495 g/mol. The molecule has 0 fully saturated rings. The van der Waals surface area contributed by atoms with Gasteiger partial charge in [-0.25, -0.2) is 4.98 Å². The Morgan fingerprint density at radius 3 is 2.65 bits per heavy atom. The molecule has 0 aliphatic rings. The van der Waals surface area contributed by atoms with Crippen molar-refractivity contribution in [1.82, 2.24) is 14.9 Å². The fourth-order valence-electron chi connectivity index (χ4n) is 3.97. The summed E-state index contributed by atoms with van der Waals surface area (Å²) in [7, 11) is 1.59. The summed E-state index contributed by atoms with van der Waals surface area (Å²) in [6.07, 6.45) is 3.75. The molecule has 1 heterocycles. The SMILES string of the molecule is COc1cccc(C(=O)NCCCCCc2nc3ccccc3n2Cc2ccc(Cl)c(Cl)c2)c1. The first kappa shape index (κ1) is 24.1. The number of aromatic nitrogens is 2. The first-order chi connectivity index (χ1) is 16.5. The van der Waals surface area contributed by atoms with Crippen LogP contribution in [0.2, 0.25) is 10.0 Å². The van der Waals surface area contributed by atoms with Gasteiger partial charge in [0.25, 0.3) is 5.91 Å². The second-order valence-corrected chi connectivity index (χ2v) is 8.96. The zero-order chi connectivity index (χ0) is 23.9. The molecule has 0 unspecified atom stereocenters. The standard InChI is InChI=1S/C27H27Cl2N3O2/c1-34-21-9-7-8-20(17-21)27(33)30-15-6-2-3-12-26-31-24-10-4-5-11-25(24)32(26)18-19-13-14-22(28)23(29)16-19/h4-5,7-11,13-14,16-17H,2-3,6,12,15,18H2,1H3,(H,30,33). The third kappa shape index (κ3) is 5.91. The molecule has 4 rings (SSSR count). The molecule has 4 aromatic rings. The number of methoxy groups -OCH3 is 1. The number of hydrogen-bond donors (Lipinski definition) is 1. The normalized spacial score (nSPS) is 11.0. The van der Waals surface area contributed by atoms with Gasteiger partial charge in [0.05, 0.1) is 28.2 Å². The van der Waals surface area contributed by atoms with Gasteiger partial charge in [-0.2, -0.15) is 0 Å². The minimum absolute atomic E-state index is 0.0812. The first-order valence-electron chi connectivity index (χ1n) is 11.4. The van der Waals surface area contributed by atoms with E-state index in [1.165, 1.54) is 0 Å². The largest absolute Gasteiger partial charge is 0.497 e. The van der Waals surface area contributed by atoms with Crippen molar-refractivity contribution in [1.29, 1.82) is 0 Å². The van der Waals surface area contributed by atoms with Crippen molar-refractivity contribution >= 4 is 40.1 Å². The summed E-state index contributed by atoms with van der Waals surface area (Å²) in [5.41, 5.74) is 3.78. The maximum absolute atomic E-state index is 12.3. The molecule has 3 aromatic carbocycles. The Morgan fingerprint density at radius 1 is 0.971 bits per heavy atom. The van der Waals surface area contributed by atoms with Crippen LogP contribution in [-0.2, 0) is 13.0 Å². The predicted molar refractivity (Wildman–Crippen MR) is 138 cm³/mol. The van der Waals surface area contributed by atoms with Crippen molar-refractivity contribution in [3.05, 3.63) is 93.7 Å². The summed E-state index contributed by atoms with van der Waals surface area (Å²) in [5.74, 6) is 1.64. The molecule has 0 saturated carbocycles. The van der Waals surface area contributed by atoms with Crippen LogP contribution in [0.25, 0.3) is 11.0 Å². The topological polar surface area (TPSA) is 56.1 Å². The molecule has 0 saturated heterocycles. The van der Waals surface area contributed by atoms with Crippen molar-refractivity contribution in [3.8, 4) is 5.75 Å². The second kappa shape index (κ2) is 11.4. The van der Waals surface area contributed by atoms with Crippen molar-refractivity contribution in [2.45, 2.75) is 32.2 Å². The maximum Gasteiger partial charge on any atom is 0.251 e. The fourth-order valence-corrected chi connectivity index (χ4v) is 4.29. The number of nitrogens with one attached hydrogen (secondary N) is 1. The number of hydrogen-bond acceptors (Lipinski definition) is 3. The average Bonchev–Trinajstić information content (AvgIpc) is 3.20. The van der Waals surface area contributed by atoms with Crippen molar-refractivity contribution in [3.63, 3.8) is 0 Å². The van der Waals surface area contributed by atoms with Crippen LogP contribution in [0.5, 0.6) is 5.75 Å². The van der Waals surface area contributed by atoms with Gasteiger partial charge < -0.3 is 14.6 Å². The Balaban J connectivity index is 1.33.